The van der Waals surface area contributed by atoms with E-state index in [4.69, 9.17) is 4.74 Å². The summed E-state index contributed by atoms with van der Waals surface area (Å²) < 4.78 is 6.40. The molecule has 1 N–H and O–H groups in total. The molecule has 0 aliphatic rings. The third-order valence-corrected chi connectivity index (χ3v) is 3.28. The van der Waals surface area contributed by atoms with Crippen LogP contribution in [0.1, 0.15) is 29.9 Å². The molecular formula is C16H18N2O4. The Kier molecular flexibility index (Phi) is 4.30. The van der Waals surface area contributed by atoms with Gasteiger partial charge in [0.05, 0.1) is 24.9 Å². The van der Waals surface area contributed by atoms with Crippen LogP contribution in [0.25, 0.3) is 10.9 Å². The number of esters is 1. The van der Waals surface area contributed by atoms with E-state index < -0.39 is 5.97 Å². The van der Waals surface area contributed by atoms with Crippen LogP contribution in [0, 0.1) is 6.92 Å². The number of amides is 1. The number of carbonyl (C=O) groups excluding carboxylic acids is 3. The molecular weight excluding hydrogens is 284 g/mol. The van der Waals surface area contributed by atoms with E-state index in [0.29, 0.717) is 16.6 Å². The number of anilines is 1. The van der Waals surface area contributed by atoms with Crippen molar-refractivity contribution in [1.82, 2.24) is 4.57 Å². The first kappa shape index (κ1) is 15.8. The van der Waals surface area contributed by atoms with Gasteiger partial charge in [0.1, 0.15) is 5.78 Å². The summed E-state index contributed by atoms with van der Waals surface area (Å²) in [5.74, 6) is -0.996. The molecule has 1 aromatic carbocycles. The minimum absolute atomic E-state index is 0.0313. The number of rotatable bonds is 4. The lowest BCUT2D eigenvalue weighted by molar-refractivity contribution is -0.117. The Morgan fingerprint density at radius 3 is 2.45 bits per heavy atom. The molecule has 1 amide bonds. The van der Waals surface area contributed by atoms with Crippen molar-refractivity contribution in [2.45, 2.75) is 27.3 Å². The molecule has 0 fully saturated rings. The van der Waals surface area contributed by atoms with Crippen molar-refractivity contribution in [3.05, 3.63) is 29.5 Å². The number of nitrogens with one attached hydrogen (secondary N) is 1. The summed E-state index contributed by atoms with van der Waals surface area (Å²) in [6.45, 7) is 4.75. The van der Waals surface area contributed by atoms with Crippen LogP contribution in [0.4, 0.5) is 5.69 Å². The minimum Gasteiger partial charge on any atom is -0.464 e. The molecule has 6 heteroatoms. The van der Waals surface area contributed by atoms with E-state index >= 15 is 0 Å². The number of aromatic nitrogens is 1. The summed E-state index contributed by atoms with van der Waals surface area (Å²) >= 11 is 0. The van der Waals surface area contributed by atoms with Gasteiger partial charge in [-0.3, -0.25) is 9.59 Å². The molecule has 0 bridgehead atoms. The third-order valence-electron chi connectivity index (χ3n) is 3.28. The normalized spacial score (nSPS) is 10.5. The molecule has 0 spiro atoms. The quantitative estimate of drug-likeness (QED) is 0.879. The SMILES string of the molecule is COC(=O)c1c(NC(C)=O)c2cc(C)ccc2n1CC(C)=O. The number of ether oxygens (including phenoxy) is 1. The van der Waals surface area contributed by atoms with Gasteiger partial charge in [0, 0.05) is 12.3 Å². The Hall–Kier alpha value is -2.63. The van der Waals surface area contributed by atoms with Crippen LogP contribution in [-0.2, 0) is 20.9 Å². The molecule has 0 unspecified atom stereocenters. The zero-order chi connectivity index (χ0) is 16.4. The van der Waals surface area contributed by atoms with E-state index in [0.717, 1.165) is 5.56 Å². The minimum atomic E-state index is -0.598. The van der Waals surface area contributed by atoms with Crippen molar-refractivity contribution in [2.75, 3.05) is 12.4 Å². The van der Waals surface area contributed by atoms with Gasteiger partial charge in [-0.15, -0.1) is 0 Å². The van der Waals surface area contributed by atoms with Crippen molar-refractivity contribution in [3.63, 3.8) is 0 Å². The highest BCUT2D eigenvalue weighted by atomic mass is 16.5. The maximum absolute atomic E-state index is 12.2. The van der Waals surface area contributed by atoms with Crippen LogP contribution in [-0.4, -0.2) is 29.3 Å². The van der Waals surface area contributed by atoms with Gasteiger partial charge in [-0.1, -0.05) is 11.6 Å². The van der Waals surface area contributed by atoms with Crippen molar-refractivity contribution >= 4 is 34.3 Å². The Bertz CT molecular complexity index is 774. The summed E-state index contributed by atoms with van der Waals surface area (Å²) in [6, 6.07) is 5.58. The van der Waals surface area contributed by atoms with E-state index in [-0.39, 0.29) is 23.9 Å². The van der Waals surface area contributed by atoms with Crippen molar-refractivity contribution in [3.8, 4) is 0 Å². The lowest BCUT2D eigenvalue weighted by Gasteiger charge is -2.09. The molecule has 1 aromatic heterocycles. The largest absolute Gasteiger partial charge is 0.464 e. The molecule has 0 radical (unpaired) electrons. The average molecular weight is 302 g/mol. The van der Waals surface area contributed by atoms with E-state index in [1.165, 1.54) is 21.0 Å². The number of aryl methyl sites for hydroxylation is 1. The highest BCUT2D eigenvalue weighted by Crippen LogP contribution is 2.32. The molecule has 0 saturated heterocycles. The van der Waals surface area contributed by atoms with Gasteiger partial charge in [-0.2, -0.15) is 0 Å². The lowest BCUT2D eigenvalue weighted by atomic mass is 10.1. The maximum Gasteiger partial charge on any atom is 0.356 e. The standard InChI is InChI=1S/C16H18N2O4/c1-9-5-6-13-12(7-9)14(17-11(3)20)15(16(21)22-4)18(13)8-10(2)19/h5-7H,8H2,1-4H3,(H,17,20). The van der Waals surface area contributed by atoms with Crippen molar-refractivity contribution in [1.29, 1.82) is 0 Å². The topological polar surface area (TPSA) is 77.4 Å². The second-order valence-corrected chi connectivity index (χ2v) is 5.21. The summed E-state index contributed by atoms with van der Waals surface area (Å²) in [4.78, 5) is 35.2. The smallest absolute Gasteiger partial charge is 0.356 e. The first-order valence-corrected chi connectivity index (χ1v) is 6.83. The monoisotopic (exact) mass is 302 g/mol. The van der Waals surface area contributed by atoms with Gasteiger partial charge < -0.3 is 14.6 Å². The maximum atomic E-state index is 12.2. The molecule has 1 heterocycles. The van der Waals surface area contributed by atoms with Crippen molar-refractivity contribution in [2.24, 2.45) is 0 Å². The number of fused-ring (bicyclic) bond motifs is 1. The van der Waals surface area contributed by atoms with Crippen LogP contribution in [0.5, 0.6) is 0 Å². The zero-order valence-electron chi connectivity index (χ0n) is 13.0. The number of hydrogen-bond acceptors (Lipinski definition) is 4. The predicted octanol–water partition coefficient (Wildman–Crippen LogP) is 2.28. The number of benzene rings is 1. The summed E-state index contributed by atoms with van der Waals surface area (Å²) in [5, 5.41) is 3.39. The Morgan fingerprint density at radius 1 is 1.23 bits per heavy atom. The molecule has 2 aromatic rings. The number of nitrogens with zero attached hydrogens (tertiary/aromatic N) is 1. The molecule has 0 aliphatic carbocycles. The summed E-state index contributed by atoms with van der Waals surface area (Å²) in [6.07, 6.45) is 0. The van der Waals surface area contributed by atoms with Gasteiger partial charge in [-0.05, 0) is 26.0 Å². The lowest BCUT2D eigenvalue weighted by Crippen LogP contribution is -2.17. The van der Waals surface area contributed by atoms with Gasteiger partial charge in [0.15, 0.2) is 5.69 Å². The number of Topliss-reactive ketones (excluding diaryl/α,β-unsaturated/α-hetero) is 1. The van der Waals surface area contributed by atoms with Crippen LogP contribution in [0.15, 0.2) is 18.2 Å². The van der Waals surface area contributed by atoms with Crippen LogP contribution < -0.4 is 5.32 Å². The predicted molar refractivity (Wildman–Crippen MR) is 83.0 cm³/mol. The second-order valence-electron chi connectivity index (χ2n) is 5.21. The molecule has 2 rings (SSSR count). The van der Waals surface area contributed by atoms with Crippen LogP contribution in [0.2, 0.25) is 0 Å². The molecule has 22 heavy (non-hydrogen) atoms. The third kappa shape index (κ3) is 2.86. The van der Waals surface area contributed by atoms with Gasteiger partial charge in [0.25, 0.3) is 0 Å². The first-order chi connectivity index (χ1) is 10.3. The molecule has 6 nitrogen and oxygen atoms in total. The summed E-state index contributed by atoms with van der Waals surface area (Å²) in [5.41, 5.74) is 2.23. The van der Waals surface area contributed by atoms with E-state index in [1.54, 1.807) is 4.57 Å². The fourth-order valence-corrected chi connectivity index (χ4v) is 2.47. The fourth-order valence-electron chi connectivity index (χ4n) is 2.47. The zero-order valence-corrected chi connectivity index (χ0v) is 13.0. The van der Waals surface area contributed by atoms with Crippen LogP contribution >= 0.6 is 0 Å². The highest BCUT2D eigenvalue weighted by Gasteiger charge is 2.24. The molecule has 116 valence electrons. The molecule has 0 aliphatic heterocycles. The van der Waals surface area contributed by atoms with Gasteiger partial charge in [0.2, 0.25) is 5.91 Å². The fraction of sp³-hybridized carbons (Fsp3) is 0.312. The van der Waals surface area contributed by atoms with Gasteiger partial charge in [-0.25, -0.2) is 4.79 Å². The second kappa shape index (κ2) is 6.01. The molecule has 0 atom stereocenters. The van der Waals surface area contributed by atoms with E-state index in [1.807, 2.05) is 25.1 Å². The van der Waals surface area contributed by atoms with E-state index in [9.17, 15) is 14.4 Å². The van der Waals surface area contributed by atoms with Crippen molar-refractivity contribution < 1.29 is 19.1 Å². The average Bonchev–Trinajstić information content (AvgIpc) is 2.70. The van der Waals surface area contributed by atoms with E-state index in [2.05, 4.69) is 5.32 Å². The Balaban J connectivity index is 2.85. The number of hydrogen-bond donors (Lipinski definition) is 1. The summed E-state index contributed by atoms with van der Waals surface area (Å²) in [7, 11) is 1.26. The first-order valence-electron chi connectivity index (χ1n) is 6.83. The Labute approximate surface area is 128 Å². The van der Waals surface area contributed by atoms with Crippen LogP contribution in [0.3, 0.4) is 0 Å². The number of ketones is 1. The number of methoxy groups -OCH3 is 1. The number of carbonyl (C=O) groups is 3. The molecule has 0 saturated carbocycles. The van der Waals surface area contributed by atoms with Gasteiger partial charge >= 0.3 is 5.97 Å². The highest BCUT2D eigenvalue weighted by molar-refractivity contribution is 6.11. The Morgan fingerprint density at radius 2 is 1.91 bits per heavy atom.